The van der Waals surface area contributed by atoms with E-state index in [-0.39, 0.29) is 17.4 Å². The van der Waals surface area contributed by atoms with Crippen LogP contribution >= 0.6 is 0 Å². The van der Waals surface area contributed by atoms with Gasteiger partial charge < -0.3 is 10.1 Å². The molecule has 1 heterocycles. The molecule has 33 heavy (non-hydrogen) atoms. The highest BCUT2D eigenvalue weighted by Crippen LogP contribution is 2.48. The van der Waals surface area contributed by atoms with Gasteiger partial charge in [-0.2, -0.15) is 13.8 Å². The van der Waals surface area contributed by atoms with Gasteiger partial charge in [-0.25, -0.2) is 13.4 Å². The molecule has 2 fully saturated rings. The highest BCUT2D eigenvalue weighted by atomic mass is 32.2. The Bertz CT molecular complexity index is 1150. The van der Waals surface area contributed by atoms with Gasteiger partial charge in [0.25, 0.3) is 5.91 Å². The van der Waals surface area contributed by atoms with E-state index in [1.165, 1.54) is 6.08 Å². The van der Waals surface area contributed by atoms with Gasteiger partial charge in [-0.05, 0) is 43.7 Å². The van der Waals surface area contributed by atoms with Crippen LogP contribution in [0.15, 0.2) is 48.0 Å². The summed E-state index contributed by atoms with van der Waals surface area (Å²) >= 11 is 0. The number of carbonyl (C=O) groups is 1. The highest BCUT2D eigenvalue weighted by Gasteiger charge is 2.50. The van der Waals surface area contributed by atoms with Crippen molar-refractivity contribution in [2.24, 2.45) is 11.8 Å². The molecule has 10 heteroatoms. The summed E-state index contributed by atoms with van der Waals surface area (Å²) in [7, 11) is -3.37. The summed E-state index contributed by atoms with van der Waals surface area (Å²) in [5.74, 6) is -5.19. The Kier molecular flexibility index (Phi) is 6.47. The van der Waals surface area contributed by atoms with Crippen LogP contribution in [0, 0.1) is 11.8 Å². The van der Waals surface area contributed by atoms with Crippen LogP contribution in [0.2, 0.25) is 0 Å². The number of amides is 1. The molecular formula is C23H25F2N3O4S. The zero-order chi connectivity index (χ0) is 23.6. The van der Waals surface area contributed by atoms with Crippen molar-refractivity contribution in [3.8, 4) is 11.6 Å². The lowest BCUT2D eigenvalue weighted by Crippen LogP contribution is -2.42. The summed E-state index contributed by atoms with van der Waals surface area (Å²) in [5, 5.41) is 3.85. The summed E-state index contributed by atoms with van der Waals surface area (Å²) in [6.45, 7) is 0. The number of para-hydroxylation sites is 1. The minimum Gasteiger partial charge on any atom is -0.438 e. The average Bonchev–Trinajstić information content (AvgIpc) is 3.57. The molecule has 176 valence electrons. The third-order valence-electron chi connectivity index (χ3n) is 5.83. The van der Waals surface area contributed by atoms with Crippen LogP contribution in [-0.2, 0) is 15.8 Å². The number of benzene rings is 1. The standard InChI is InChI=1S/C23H25F2N3O4S/c1-33(30,31)13-12-19(15-6-5-7-15)27-20(29)18-14-26-22(23(24,25)16-10-11-16)28-21(18)32-17-8-3-2-4-9-17/h2-4,8-9,12-16,19H,5-7,10-11H2,1H3,(H,27,29). The van der Waals surface area contributed by atoms with E-state index in [0.29, 0.717) is 18.6 Å². The number of rotatable bonds is 9. The molecule has 2 aromatic rings. The Balaban J connectivity index is 1.64. The molecule has 1 amide bonds. The number of aromatic nitrogens is 2. The zero-order valence-corrected chi connectivity index (χ0v) is 18.9. The van der Waals surface area contributed by atoms with Gasteiger partial charge in [0.1, 0.15) is 11.3 Å². The molecule has 0 bridgehead atoms. The van der Waals surface area contributed by atoms with Gasteiger partial charge in [-0.1, -0.05) is 30.7 Å². The fourth-order valence-corrected chi connectivity index (χ4v) is 4.02. The van der Waals surface area contributed by atoms with Crippen LogP contribution in [-0.4, -0.2) is 36.6 Å². The van der Waals surface area contributed by atoms with Crippen molar-refractivity contribution >= 4 is 15.7 Å². The van der Waals surface area contributed by atoms with Crippen molar-refractivity contribution in [3.63, 3.8) is 0 Å². The van der Waals surface area contributed by atoms with E-state index in [4.69, 9.17) is 4.74 Å². The molecule has 2 aliphatic rings. The van der Waals surface area contributed by atoms with Crippen molar-refractivity contribution in [2.75, 3.05) is 6.26 Å². The number of hydrogen-bond acceptors (Lipinski definition) is 6. The number of hydrogen-bond donors (Lipinski definition) is 1. The quantitative estimate of drug-likeness (QED) is 0.581. The first-order valence-electron chi connectivity index (χ1n) is 10.8. The van der Waals surface area contributed by atoms with E-state index in [0.717, 1.165) is 37.1 Å². The van der Waals surface area contributed by atoms with Gasteiger partial charge in [0.2, 0.25) is 11.7 Å². The van der Waals surface area contributed by atoms with E-state index in [2.05, 4.69) is 15.3 Å². The van der Waals surface area contributed by atoms with E-state index in [1.807, 2.05) is 0 Å². The molecule has 0 saturated heterocycles. The van der Waals surface area contributed by atoms with Crippen molar-refractivity contribution in [1.82, 2.24) is 15.3 Å². The van der Waals surface area contributed by atoms with Crippen LogP contribution in [0.3, 0.4) is 0 Å². The summed E-state index contributed by atoms with van der Waals surface area (Å²) < 4.78 is 58.1. The van der Waals surface area contributed by atoms with Gasteiger partial charge in [0, 0.05) is 23.8 Å². The molecule has 2 aliphatic carbocycles. The van der Waals surface area contributed by atoms with E-state index < -0.39 is 39.5 Å². The molecule has 1 aromatic carbocycles. The number of halogens is 2. The maximum atomic E-state index is 14.6. The average molecular weight is 478 g/mol. The second-order valence-electron chi connectivity index (χ2n) is 8.57. The molecular weight excluding hydrogens is 452 g/mol. The minimum atomic E-state index is -3.37. The minimum absolute atomic E-state index is 0.0878. The van der Waals surface area contributed by atoms with Crippen LogP contribution in [0.25, 0.3) is 0 Å². The van der Waals surface area contributed by atoms with Crippen LogP contribution in [0.5, 0.6) is 11.6 Å². The largest absolute Gasteiger partial charge is 0.438 e. The summed E-state index contributed by atoms with van der Waals surface area (Å²) in [6.07, 6.45) is 7.02. The lowest BCUT2D eigenvalue weighted by Gasteiger charge is -2.32. The van der Waals surface area contributed by atoms with Crippen molar-refractivity contribution in [2.45, 2.75) is 44.1 Å². The Morgan fingerprint density at radius 1 is 1.21 bits per heavy atom. The van der Waals surface area contributed by atoms with Crippen LogP contribution < -0.4 is 10.1 Å². The number of ether oxygens (including phenoxy) is 1. The molecule has 1 atom stereocenters. The fraction of sp³-hybridized carbons (Fsp3) is 0.435. The number of carbonyl (C=O) groups excluding carboxylic acids is 1. The highest BCUT2D eigenvalue weighted by molar-refractivity contribution is 7.93. The van der Waals surface area contributed by atoms with E-state index in [1.54, 1.807) is 30.3 Å². The van der Waals surface area contributed by atoms with Gasteiger partial charge in [-0.3, -0.25) is 4.79 Å². The lowest BCUT2D eigenvalue weighted by molar-refractivity contribution is -0.0379. The molecule has 0 aliphatic heterocycles. The van der Waals surface area contributed by atoms with Crippen molar-refractivity contribution < 1.29 is 26.7 Å². The molecule has 1 N–H and O–H groups in total. The van der Waals surface area contributed by atoms with Gasteiger partial charge in [0.05, 0.1) is 6.04 Å². The summed E-state index contributed by atoms with van der Waals surface area (Å²) in [4.78, 5) is 20.8. The Hall–Kier alpha value is -2.88. The van der Waals surface area contributed by atoms with Gasteiger partial charge >= 0.3 is 5.92 Å². The second kappa shape index (κ2) is 9.17. The SMILES string of the molecule is CS(=O)(=O)C=CC(NC(=O)c1cnc(C(F)(F)C2CC2)nc1Oc1ccccc1)C1CCC1. The summed E-state index contributed by atoms with van der Waals surface area (Å²) in [5.41, 5.74) is -0.105. The Labute approximate surface area is 191 Å². The predicted molar refractivity (Wildman–Crippen MR) is 118 cm³/mol. The number of nitrogens with one attached hydrogen (secondary N) is 1. The maximum Gasteiger partial charge on any atom is 0.309 e. The normalized spacial score (nSPS) is 18.0. The van der Waals surface area contributed by atoms with Crippen LogP contribution in [0.1, 0.15) is 48.3 Å². The number of alkyl halides is 2. The molecule has 1 aromatic heterocycles. The van der Waals surface area contributed by atoms with E-state index in [9.17, 15) is 22.0 Å². The Morgan fingerprint density at radius 2 is 1.91 bits per heavy atom. The Morgan fingerprint density at radius 3 is 2.48 bits per heavy atom. The monoisotopic (exact) mass is 477 g/mol. The molecule has 4 rings (SSSR count). The maximum absolute atomic E-state index is 14.6. The third kappa shape index (κ3) is 5.73. The first kappa shape index (κ1) is 23.3. The smallest absolute Gasteiger partial charge is 0.309 e. The predicted octanol–water partition coefficient (Wildman–Crippen LogP) is 4.23. The number of nitrogens with zero attached hydrogens (tertiary/aromatic N) is 2. The third-order valence-corrected chi connectivity index (χ3v) is 6.48. The summed E-state index contributed by atoms with van der Waals surface area (Å²) in [6, 6.07) is 7.89. The first-order valence-corrected chi connectivity index (χ1v) is 12.8. The fourth-order valence-electron chi connectivity index (χ4n) is 3.57. The van der Waals surface area contributed by atoms with Crippen LogP contribution in [0.4, 0.5) is 8.78 Å². The lowest BCUT2D eigenvalue weighted by atomic mass is 9.79. The zero-order valence-electron chi connectivity index (χ0n) is 18.1. The molecule has 0 spiro atoms. The topological polar surface area (TPSA) is 98.2 Å². The van der Waals surface area contributed by atoms with Gasteiger partial charge in [-0.15, -0.1) is 0 Å². The number of sulfone groups is 1. The van der Waals surface area contributed by atoms with Gasteiger partial charge in [0.15, 0.2) is 9.84 Å². The molecule has 1 unspecified atom stereocenters. The van der Waals surface area contributed by atoms with Crippen molar-refractivity contribution in [3.05, 3.63) is 59.4 Å². The molecule has 2 saturated carbocycles. The van der Waals surface area contributed by atoms with Crippen molar-refractivity contribution in [1.29, 1.82) is 0 Å². The second-order valence-corrected chi connectivity index (χ2v) is 10.5. The first-order chi connectivity index (χ1) is 15.6. The molecule has 0 radical (unpaired) electrons. The molecule has 7 nitrogen and oxygen atoms in total. The van der Waals surface area contributed by atoms with E-state index >= 15 is 0 Å².